The Hall–Kier alpha value is -1.30. The molecule has 0 heterocycles. The van der Waals surface area contributed by atoms with Crippen LogP contribution >= 0.6 is 0 Å². The van der Waals surface area contributed by atoms with Crippen LogP contribution in [0.3, 0.4) is 0 Å². The normalized spacial score (nSPS) is 27.1. The minimum absolute atomic E-state index is 0.273. The van der Waals surface area contributed by atoms with Crippen molar-refractivity contribution >= 4 is 5.57 Å². The lowest BCUT2D eigenvalue weighted by atomic mass is 9.66. The van der Waals surface area contributed by atoms with Crippen LogP contribution in [0.2, 0.25) is 0 Å². The number of rotatable bonds is 2. The standard InChI is InChI=1S/C20H26/c1-6-20(7-2)17-11-9-8-10-16(17)18-14(4)12-13(3)15(5)19(18)20/h8-12,14-15H,6-7H2,1-5H3. The number of fused-ring (bicyclic) bond motifs is 2. The molecule has 0 radical (unpaired) electrons. The zero-order valence-electron chi connectivity index (χ0n) is 13.5. The number of allylic oxidation sites excluding steroid dienone is 4. The third-order valence-electron chi connectivity index (χ3n) is 5.83. The minimum Gasteiger partial charge on any atom is -0.0777 e. The summed E-state index contributed by atoms with van der Waals surface area (Å²) >= 11 is 0. The van der Waals surface area contributed by atoms with Crippen molar-refractivity contribution < 1.29 is 0 Å². The van der Waals surface area contributed by atoms with Crippen LogP contribution in [-0.4, -0.2) is 0 Å². The Kier molecular flexibility index (Phi) is 3.16. The number of hydrogen-bond donors (Lipinski definition) is 0. The Morgan fingerprint density at radius 1 is 1.05 bits per heavy atom. The van der Waals surface area contributed by atoms with Crippen LogP contribution in [-0.2, 0) is 5.41 Å². The molecule has 0 bridgehead atoms. The van der Waals surface area contributed by atoms with Crippen LogP contribution in [0.25, 0.3) is 5.57 Å². The van der Waals surface area contributed by atoms with Crippen LogP contribution in [0.5, 0.6) is 0 Å². The monoisotopic (exact) mass is 266 g/mol. The molecule has 0 nitrogen and oxygen atoms in total. The second-order valence-corrected chi connectivity index (χ2v) is 6.58. The van der Waals surface area contributed by atoms with Crippen molar-refractivity contribution in [1.82, 2.24) is 0 Å². The summed E-state index contributed by atoms with van der Waals surface area (Å²) in [4.78, 5) is 0. The van der Waals surface area contributed by atoms with Gasteiger partial charge in [0.05, 0.1) is 0 Å². The largest absolute Gasteiger partial charge is 0.0777 e. The maximum absolute atomic E-state index is 2.47. The summed E-state index contributed by atoms with van der Waals surface area (Å²) in [5, 5.41) is 0. The van der Waals surface area contributed by atoms with Crippen molar-refractivity contribution in [3.8, 4) is 0 Å². The summed E-state index contributed by atoms with van der Waals surface area (Å²) in [7, 11) is 0. The highest BCUT2D eigenvalue weighted by Gasteiger charge is 2.46. The average molecular weight is 266 g/mol. The molecule has 1 aromatic rings. The number of benzene rings is 1. The van der Waals surface area contributed by atoms with Gasteiger partial charge in [0.1, 0.15) is 0 Å². The first kappa shape index (κ1) is 13.7. The highest BCUT2D eigenvalue weighted by Crippen LogP contribution is 2.57. The zero-order valence-corrected chi connectivity index (χ0v) is 13.5. The van der Waals surface area contributed by atoms with Gasteiger partial charge >= 0.3 is 0 Å². The van der Waals surface area contributed by atoms with E-state index in [2.05, 4.69) is 65.0 Å². The van der Waals surface area contributed by atoms with Crippen LogP contribution in [0.15, 0.2) is 41.5 Å². The highest BCUT2D eigenvalue weighted by atomic mass is 14.5. The van der Waals surface area contributed by atoms with Gasteiger partial charge in [-0.2, -0.15) is 0 Å². The topological polar surface area (TPSA) is 0 Å². The van der Waals surface area contributed by atoms with Gasteiger partial charge in [-0.1, -0.05) is 63.6 Å². The second kappa shape index (κ2) is 4.62. The van der Waals surface area contributed by atoms with Gasteiger partial charge < -0.3 is 0 Å². The van der Waals surface area contributed by atoms with Crippen molar-refractivity contribution in [1.29, 1.82) is 0 Å². The van der Waals surface area contributed by atoms with Gasteiger partial charge in [-0.3, -0.25) is 0 Å². The van der Waals surface area contributed by atoms with E-state index in [0.717, 1.165) is 0 Å². The van der Waals surface area contributed by atoms with Crippen LogP contribution in [0, 0.1) is 11.8 Å². The minimum atomic E-state index is 0.273. The molecule has 0 N–H and O–H groups in total. The molecule has 0 fully saturated rings. The van der Waals surface area contributed by atoms with E-state index in [1.165, 1.54) is 18.4 Å². The van der Waals surface area contributed by atoms with Gasteiger partial charge in [0.15, 0.2) is 0 Å². The number of hydrogen-bond acceptors (Lipinski definition) is 0. The maximum Gasteiger partial charge on any atom is 0.0174 e. The third-order valence-corrected chi connectivity index (χ3v) is 5.83. The Balaban J connectivity index is 2.32. The summed E-state index contributed by atoms with van der Waals surface area (Å²) in [6.07, 6.45) is 4.90. The van der Waals surface area contributed by atoms with Crippen LogP contribution in [0.4, 0.5) is 0 Å². The molecule has 0 aliphatic heterocycles. The predicted molar refractivity (Wildman–Crippen MR) is 87.7 cm³/mol. The van der Waals surface area contributed by atoms with Gasteiger partial charge in [0.2, 0.25) is 0 Å². The van der Waals surface area contributed by atoms with Gasteiger partial charge in [-0.15, -0.1) is 0 Å². The van der Waals surface area contributed by atoms with E-state index in [-0.39, 0.29) is 5.41 Å². The lowest BCUT2D eigenvalue weighted by Gasteiger charge is -2.38. The van der Waals surface area contributed by atoms with Gasteiger partial charge in [-0.25, -0.2) is 0 Å². The summed E-state index contributed by atoms with van der Waals surface area (Å²) in [5.41, 5.74) is 8.27. The van der Waals surface area contributed by atoms with Gasteiger partial charge in [0, 0.05) is 5.41 Å². The lowest BCUT2D eigenvalue weighted by Crippen LogP contribution is -2.29. The van der Waals surface area contributed by atoms with Crippen LogP contribution in [0.1, 0.15) is 58.6 Å². The van der Waals surface area contributed by atoms with E-state index in [4.69, 9.17) is 0 Å². The van der Waals surface area contributed by atoms with Crippen molar-refractivity contribution in [3.05, 3.63) is 52.6 Å². The molecule has 2 unspecified atom stereocenters. The summed E-state index contributed by atoms with van der Waals surface area (Å²) in [6, 6.07) is 9.13. The van der Waals surface area contributed by atoms with Crippen LogP contribution < -0.4 is 0 Å². The fourth-order valence-electron chi connectivity index (χ4n) is 4.68. The second-order valence-electron chi connectivity index (χ2n) is 6.58. The molecule has 0 spiro atoms. The van der Waals surface area contributed by atoms with Crippen molar-refractivity contribution in [2.24, 2.45) is 11.8 Å². The molecular weight excluding hydrogens is 240 g/mol. The molecule has 0 saturated carbocycles. The van der Waals surface area contributed by atoms with Crippen molar-refractivity contribution in [3.63, 3.8) is 0 Å². The van der Waals surface area contributed by atoms with Gasteiger partial charge in [-0.05, 0) is 53.9 Å². The van der Waals surface area contributed by atoms with Crippen molar-refractivity contribution in [2.45, 2.75) is 52.9 Å². The smallest absolute Gasteiger partial charge is 0.0174 e. The van der Waals surface area contributed by atoms with E-state index < -0.39 is 0 Å². The highest BCUT2D eigenvalue weighted by molar-refractivity contribution is 5.84. The summed E-state index contributed by atoms with van der Waals surface area (Å²) < 4.78 is 0. The molecule has 0 heteroatoms. The molecule has 0 saturated heterocycles. The fourth-order valence-corrected chi connectivity index (χ4v) is 4.68. The lowest BCUT2D eigenvalue weighted by molar-refractivity contribution is 0.438. The third kappa shape index (κ3) is 1.54. The Morgan fingerprint density at radius 3 is 2.35 bits per heavy atom. The van der Waals surface area contributed by atoms with Gasteiger partial charge in [0.25, 0.3) is 0 Å². The first-order chi connectivity index (χ1) is 9.56. The first-order valence-corrected chi connectivity index (χ1v) is 8.09. The molecule has 2 atom stereocenters. The molecule has 106 valence electrons. The molecule has 2 aliphatic rings. The molecule has 20 heavy (non-hydrogen) atoms. The Bertz CT molecular complexity index is 596. The molecule has 0 amide bonds. The quantitative estimate of drug-likeness (QED) is 0.598. The summed E-state index contributed by atoms with van der Waals surface area (Å²) in [5.74, 6) is 1.15. The van der Waals surface area contributed by atoms with E-state index in [1.807, 2.05) is 0 Å². The zero-order chi connectivity index (χ0) is 14.5. The Morgan fingerprint density at radius 2 is 1.70 bits per heavy atom. The van der Waals surface area contributed by atoms with E-state index >= 15 is 0 Å². The van der Waals surface area contributed by atoms with Crippen molar-refractivity contribution in [2.75, 3.05) is 0 Å². The maximum atomic E-state index is 2.47. The van der Waals surface area contributed by atoms with E-state index in [9.17, 15) is 0 Å². The Labute approximate surface area is 123 Å². The van der Waals surface area contributed by atoms with E-state index in [1.54, 1.807) is 22.3 Å². The average Bonchev–Trinajstić information content (AvgIpc) is 2.76. The summed E-state index contributed by atoms with van der Waals surface area (Å²) in [6.45, 7) is 11.8. The molecule has 1 aromatic carbocycles. The molecule has 2 aliphatic carbocycles. The fraction of sp³-hybridized carbons (Fsp3) is 0.500. The SMILES string of the molecule is CCC1(CC)C2=C(c3ccccc31)C(C)C=C(C)C2C. The predicted octanol–water partition coefficient (Wildman–Crippen LogP) is 5.74. The first-order valence-electron chi connectivity index (χ1n) is 8.09. The van der Waals surface area contributed by atoms with E-state index in [0.29, 0.717) is 11.8 Å². The molecule has 3 rings (SSSR count). The molecular formula is C20H26. The molecule has 0 aromatic heterocycles.